The summed E-state index contributed by atoms with van der Waals surface area (Å²) in [5.41, 5.74) is 1.58. The first-order valence-corrected chi connectivity index (χ1v) is 8.59. The van der Waals surface area contributed by atoms with Gasteiger partial charge in [-0.3, -0.25) is 4.79 Å². The van der Waals surface area contributed by atoms with E-state index < -0.39 is 0 Å². The average Bonchev–Trinajstić information content (AvgIpc) is 3.01. The van der Waals surface area contributed by atoms with E-state index in [-0.39, 0.29) is 11.3 Å². The van der Waals surface area contributed by atoms with Crippen molar-refractivity contribution >= 4 is 5.91 Å². The van der Waals surface area contributed by atoms with Crippen LogP contribution in [-0.4, -0.2) is 57.2 Å². The first-order chi connectivity index (χ1) is 11.8. The minimum Gasteiger partial charge on any atom is -0.351 e. The van der Waals surface area contributed by atoms with E-state index in [1.807, 2.05) is 24.3 Å². The predicted molar refractivity (Wildman–Crippen MR) is 88.8 cm³/mol. The number of rotatable bonds is 6. The van der Waals surface area contributed by atoms with Gasteiger partial charge >= 0.3 is 0 Å². The number of likely N-dealkylation sites (tertiary alicyclic amines) is 1. The van der Waals surface area contributed by atoms with Crippen LogP contribution in [0.25, 0.3) is 5.69 Å². The second kappa shape index (κ2) is 6.32. The molecule has 0 radical (unpaired) electrons. The molecule has 2 fully saturated rings. The summed E-state index contributed by atoms with van der Waals surface area (Å²) in [7, 11) is 0. The molecule has 1 saturated heterocycles. The molecular weight excluding hydrogens is 304 g/mol. The van der Waals surface area contributed by atoms with Crippen LogP contribution in [0.15, 0.2) is 30.6 Å². The Hall–Kier alpha value is -2.28. The van der Waals surface area contributed by atoms with Crippen molar-refractivity contribution in [2.75, 3.05) is 26.2 Å². The molecule has 7 nitrogen and oxygen atoms in total. The van der Waals surface area contributed by atoms with E-state index in [0.29, 0.717) is 11.3 Å². The first kappa shape index (κ1) is 15.3. The monoisotopic (exact) mass is 326 g/mol. The normalized spacial score (nSPS) is 19.3. The number of hydrogen-bond donors (Lipinski definition) is 1. The number of benzene rings is 1. The summed E-state index contributed by atoms with van der Waals surface area (Å²) in [4.78, 5) is 15.2. The fourth-order valence-corrected chi connectivity index (χ4v) is 3.48. The van der Waals surface area contributed by atoms with E-state index in [4.69, 9.17) is 0 Å². The number of aromatic nitrogens is 4. The van der Waals surface area contributed by atoms with Crippen molar-refractivity contribution in [1.29, 1.82) is 0 Å². The van der Waals surface area contributed by atoms with Gasteiger partial charge in [0.2, 0.25) is 0 Å². The lowest BCUT2D eigenvalue weighted by Gasteiger charge is -2.23. The van der Waals surface area contributed by atoms with Crippen molar-refractivity contribution < 1.29 is 4.79 Å². The molecule has 1 aromatic carbocycles. The van der Waals surface area contributed by atoms with Crippen molar-refractivity contribution in [2.45, 2.75) is 25.7 Å². The van der Waals surface area contributed by atoms with Gasteiger partial charge in [-0.05, 0) is 61.3 Å². The molecule has 126 valence electrons. The van der Waals surface area contributed by atoms with Crippen LogP contribution in [0.1, 0.15) is 36.0 Å². The third-order valence-electron chi connectivity index (χ3n) is 5.08. The topological polar surface area (TPSA) is 75.9 Å². The molecule has 2 aliphatic rings. The molecular formula is C17H22N6O. The van der Waals surface area contributed by atoms with E-state index in [1.54, 1.807) is 0 Å². The Morgan fingerprint density at radius 3 is 2.71 bits per heavy atom. The van der Waals surface area contributed by atoms with E-state index >= 15 is 0 Å². The molecule has 7 heteroatoms. The maximum Gasteiger partial charge on any atom is 0.253 e. The van der Waals surface area contributed by atoms with Gasteiger partial charge in [0.15, 0.2) is 0 Å². The highest BCUT2D eigenvalue weighted by molar-refractivity contribution is 5.97. The predicted octanol–water partition coefficient (Wildman–Crippen LogP) is 1.27. The fraction of sp³-hybridized carbons (Fsp3) is 0.529. The van der Waals surface area contributed by atoms with Gasteiger partial charge in [-0.25, -0.2) is 0 Å². The molecule has 0 spiro atoms. The molecule has 1 amide bonds. The summed E-state index contributed by atoms with van der Waals surface area (Å²) in [5.74, 6) is -0.0613. The third-order valence-corrected chi connectivity index (χ3v) is 5.08. The lowest BCUT2D eigenvalue weighted by atomic mass is 10.1. The van der Waals surface area contributed by atoms with Crippen molar-refractivity contribution in [3.05, 3.63) is 36.2 Å². The van der Waals surface area contributed by atoms with E-state index in [9.17, 15) is 4.79 Å². The van der Waals surface area contributed by atoms with Gasteiger partial charge in [0.25, 0.3) is 5.91 Å². The number of carbonyl (C=O) groups is 1. The number of carbonyl (C=O) groups excluding carboxylic acids is 1. The highest BCUT2D eigenvalue weighted by Crippen LogP contribution is 2.46. The van der Waals surface area contributed by atoms with Gasteiger partial charge < -0.3 is 10.2 Å². The molecule has 1 aromatic heterocycles. The number of nitrogens with zero attached hydrogens (tertiary/aromatic N) is 5. The highest BCUT2D eigenvalue weighted by Gasteiger charge is 2.44. The minimum absolute atomic E-state index is 0.0613. The van der Waals surface area contributed by atoms with E-state index in [2.05, 4.69) is 25.7 Å². The van der Waals surface area contributed by atoms with Crippen molar-refractivity contribution in [1.82, 2.24) is 30.4 Å². The molecule has 1 aliphatic heterocycles. The lowest BCUT2D eigenvalue weighted by Crippen LogP contribution is -2.37. The zero-order valence-corrected chi connectivity index (χ0v) is 13.7. The van der Waals surface area contributed by atoms with Crippen molar-refractivity contribution in [2.24, 2.45) is 5.41 Å². The smallest absolute Gasteiger partial charge is 0.253 e. The minimum atomic E-state index is -0.0613. The van der Waals surface area contributed by atoms with Gasteiger partial charge in [0.1, 0.15) is 6.33 Å². The Bertz CT molecular complexity index is 704. The Morgan fingerprint density at radius 1 is 1.21 bits per heavy atom. The summed E-state index contributed by atoms with van der Waals surface area (Å²) in [5, 5.41) is 14.3. The summed E-state index contributed by atoms with van der Waals surface area (Å²) in [6.07, 6.45) is 6.53. The number of tetrazole rings is 1. The summed E-state index contributed by atoms with van der Waals surface area (Å²) < 4.78 is 1.52. The zero-order chi connectivity index (χ0) is 16.4. The quantitative estimate of drug-likeness (QED) is 0.865. The fourth-order valence-electron chi connectivity index (χ4n) is 3.48. The Labute approximate surface area is 141 Å². The van der Waals surface area contributed by atoms with Crippen LogP contribution in [0.2, 0.25) is 0 Å². The molecule has 0 atom stereocenters. The zero-order valence-electron chi connectivity index (χ0n) is 13.7. The van der Waals surface area contributed by atoms with Crippen LogP contribution in [0.3, 0.4) is 0 Å². The second-order valence-corrected chi connectivity index (χ2v) is 6.94. The van der Waals surface area contributed by atoms with E-state index in [0.717, 1.165) is 13.1 Å². The molecule has 0 bridgehead atoms. The molecule has 1 saturated carbocycles. The molecule has 2 aromatic rings. The highest BCUT2D eigenvalue weighted by atomic mass is 16.1. The standard InChI is InChI=1S/C17H22N6O/c24-16(14-5-1-2-6-15(14)23-13-19-20-21-23)18-11-17(7-8-17)12-22-9-3-4-10-22/h1-2,5-6,13H,3-4,7-12H2,(H,18,24). The Balaban J connectivity index is 1.42. The Morgan fingerprint density at radius 2 is 2.00 bits per heavy atom. The molecule has 4 rings (SSSR count). The summed E-state index contributed by atoms with van der Waals surface area (Å²) >= 11 is 0. The van der Waals surface area contributed by atoms with Gasteiger partial charge in [0.05, 0.1) is 11.3 Å². The maximum atomic E-state index is 12.7. The number of hydrogen-bond acceptors (Lipinski definition) is 5. The van der Waals surface area contributed by atoms with Crippen LogP contribution in [-0.2, 0) is 0 Å². The summed E-state index contributed by atoms with van der Waals surface area (Å²) in [6.45, 7) is 4.27. The van der Waals surface area contributed by atoms with Crippen LogP contribution < -0.4 is 5.32 Å². The number of para-hydroxylation sites is 1. The van der Waals surface area contributed by atoms with Gasteiger partial charge in [-0.15, -0.1) is 5.10 Å². The van der Waals surface area contributed by atoms with Gasteiger partial charge in [-0.2, -0.15) is 4.68 Å². The van der Waals surface area contributed by atoms with Gasteiger partial charge in [0, 0.05) is 18.5 Å². The van der Waals surface area contributed by atoms with Crippen molar-refractivity contribution in [3.8, 4) is 5.69 Å². The Kier molecular flexibility index (Phi) is 4.02. The molecule has 1 N–H and O–H groups in total. The van der Waals surface area contributed by atoms with Gasteiger partial charge in [-0.1, -0.05) is 12.1 Å². The third kappa shape index (κ3) is 3.17. The average molecular weight is 326 g/mol. The molecule has 2 heterocycles. The van der Waals surface area contributed by atoms with Crippen LogP contribution >= 0.6 is 0 Å². The van der Waals surface area contributed by atoms with Crippen LogP contribution in [0, 0.1) is 5.41 Å². The molecule has 0 unspecified atom stereocenters. The molecule has 1 aliphatic carbocycles. The lowest BCUT2D eigenvalue weighted by molar-refractivity contribution is 0.0940. The van der Waals surface area contributed by atoms with Crippen LogP contribution in [0.4, 0.5) is 0 Å². The largest absolute Gasteiger partial charge is 0.351 e. The second-order valence-electron chi connectivity index (χ2n) is 6.94. The molecule has 24 heavy (non-hydrogen) atoms. The number of amides is 1. The van der Waals surface area contributed by atoms with Crippen LogP contribution in [0.5, 0.6) is 0 Å². The number of nitrogens with one attached hydrogen (secondary N) is 1. The SMILES string of the molecule is O=C(NCC1(CN2CCCC2)CC1)c1ccccc1-n1cnnn1. The van der Waals surface area contributed by atoms with Crippen molar-refractivity contribution in [3.63, 3.8) is 0 Å². The maximum absolute atomic E-state index is 12.7. The first-order valence-electron chi connectivity index (χ1n) is 8.59. The van der Waals surface area contributed by atoms with E-state index in [1.165, 1.54) is 49.8 Å². The summed E-state index contributed by atoms with van der Waals surface area (Å²) in [6, 6.07) is 7.40.